The van der Waals surface area contributed by atoms with E-state index < -0.39 is 17.9 Å². The van der Waals surface area contributed by atoms with E-state index in [2.05, 4.69) is 10.1 Å². The van der Waals surface area contributed by atoms with Gasteiger partial charge in [-0.25, -0.2) is 4.39 Å². The molecule has 0 heterocycles. The van der Waals surface area contributed by atoms with Crippen molar-refractivity contribution in [3.8, 4) is 5.75 Å². The number of rotatable bonds is 2. The number of anilines is 1. The van der Waals surface area contributed by atoms with Gasteiger partial charge in [0.2, 0.25) is 0 Å². The topological polar surface area (TPSA) is 21.3 Å². The molecular weight excluding hydrogens is 202 g/mol. The van der Waals surface area contributed by atoms with E-state index in [0.717, 1.165) is 12.1 Å². The summed E-state index contributed by atoms with van der Waals surface area (Å²) in [5.41, 5.74) is 0.212. The van der Waals surface area contributed by atoms with Crippen molar-refractivity contribution in [3.05, 3.63) is 24.0 Å². The lowest BCUT2D eigenvalue weighted by Crippen LogP contribution is -2.17. The van der Waals surface area contributed by atoms with Crippen LogP contribution < -0.4 is 10.1 Å². The molecule has 1 aromatic rings. The number of halogens is 4. The third kappa shape index (κ3) is 3.12. The Hall–Kier alpha value is -1.46. The largest absolute Gasteiger partial charge is 0.573 e. The van der Waals surface area contributed by atoms with Crippen LogP contribution in [0.4, 0.5) is 23.2 Å². The zero-order valence-corrected chi connectivity index (χ0v) is 7.15. The monoisotopic (exact) mass is 209 g/mol. The van der Waals surface area contributed by atoms with Crippen molar-refractivity contribution in [1.29, 1.82) is 0 Å². The number of ether oxygens (including phenoxy) is 1. The molecule has 1 rings (SSSR count). The maximum Gasteiger partial charge on any atom is 0.573 e. The average molecular weight is 209 g/mol. The minimum absolute atomic E-state index is 0.212. The van der Waals surface area contributed by atoms with E-state index in [9.17, 15) is 17.6 Å². The van der Waals surface area contributed by atoms with Crippen molar-refractivity contribution in [2.45, 2.75) is 6.36 Å². The fourth-order valence-corrected chi connectivity index (χ4v) is 0.900. The second kappa shape index (κ2) is 3.73. The molecule has 0 aromatic heterocycles. The Morgan fingerprint density at radius 3 is 2.36 bits per heavy atom. The van der Waals surface area contributed by atoms with Crippen molar-refractivity contribution >= 4 is 5.69 Å². The van der Waals surface area contributed by atoms with E-state index in [-0.39, 0.29) is 5.69 Å². The van der Waals surface area contributed by atoms with Crippen LogP contribution in [-0.4, -0.2) is 13.4 Å². The summed E-state index contributed by atoms with van der Waals surface area (Å²) in [6.07, 6.45) is -4.81. The minimum Gasteiger partial charge on any atom is -0.406 e. The van der Waals surface area contributed by atoms with Crippen molar-refractivity contribution in [2.75, 3.05) is 12.4 Å². The Kier molecular flexibility index (Phi) is 2.83. The molecule has 0 saturated heterocycles. The van der Waals surface area contributed by atoms with E-state index in [1.807, 2.05) is 0 Å². The molecule has 0 aliphatic rings. The number of benzene rings is 1. The van der Waals surface area contributed by atoms with E-state index in [1.165, 1.54) is 7.05 Å². The molecule has 0 fully saturated rings. The Morgan fingerprint density at radius 1 is 1.21 bits per heavy atom. The first-order valence-electron chi connectivity index (χ1n) is 3.65. The van der Waals surface area contributed by atoms with Gasteiger partial charge in [0, 0.05) is 24.9 Å². The molecule has 0 unspecified atom stereocenters. The third-order valence-electron chi connectivity index (χ3n) is 1.39. The SMILES string of the molecule is CNc1cc(F)cc(OC(F)(F)F)c1. The van der Waals surface area contributed by atoms with Gasteiger partial charge in [-0.1, -0.05) is 0 Å². The summed E-state index contributed by atoms with van der Waals surface area (Å²) in [6.45, 7) is 0. The number of hydrogen-bond donors (Lipinski definition) is 1. The maximum absolute atomic E-state index is 12.7. The van der Waals surface area contributed by atoms with Crippen LogP contribution in [0.1, 0.15) is 0 Å². The molecule has 6 heteroatoms. The molecule has 0 atom stereocenters. The van der Waals surface area contributed by atoms with Crippen molar-refractivity contribution in [1.82, 2.24) is 0 Å². The summed E-state index contributed by atoms with van der Waals surface area (Å²) in [5, 5.41) is 2.51. The van der Waals surface area contributed by atoms with E-state index >= 15 is 0 Å². The smallest absolute Gasteiger partial charge is 0.406 e. The Bertz CT molecular complexity index is 324. The Balaban J connectivity index is 2.92. The summed E-state index contributed by atoms with van der Waals surface area (Å²) in [7, 11) is 1.46. The van der Waals surface area contributed by atoms with Gasteiger partial charge in [-0.3, -0.25) is 0 Å². The van der Waals surface area contributed by atoms with Gasteiger partial charge in [-0.15, -0.1) is 13.2 Å². The first-order chi connectivity index (χ1) is 6.40. The highest BCUT2D eigenvalue weighted by atomic mass is 19.4. The molecule has 1 aromatic carbocycles. The molecule has 0 aliphatic carbocycles. The lowest BCUT2D eigenvalue weighted by molar-refractivity contribution is -0.274. The third-order valence-corrected chi connectivity index (χ3v) is 1.39. The first kappa shape index (κ1) is 10.6. The Morgan fingerprint density at radius 2 is 1.86 bits per heavy atom. The van der Waals surface area contributed by atoms with Gasteiger partial charge in [0.05, 0.1) is 0 Å². The van der Waals surface area contributed by atoms with E-state index in [1.54, 1.807) is 0 Å². The van der Waals surface area contributed by atoms with Gasteiger partial charge < -0.3 is 10.1 Å². The van der Waals surface area contributed by atoms with Crippen LogP contribution in [0.5, 0.6) is 5.75 Å². The number of alkyl halides is 3. The molecule has 0 aliphatic heterocycles. The predicted octanol–water partition coefficient (Wildman–Crippen LogP) is 2.77. The van der Waals surface area contributed by atoms with Crippen LogP contribution in [0.25, 0.3) is 0 Å². The van der Waals surface area contributed by atoms with E-state index in [0.29, 0.717) is 6.07 Å². The van der Waals surface area contributed by atoms with Crippen LogP contribution in [0.3, 0.4) is 0 Å². The molecule has 0 saturated carbocycles. The normalized spacial score (nSPS) is 11.2. The molecule has 1 N–H and O–H groups in total. The number of nitrogens with one attached hydrogen (secondary N) is 1. The van der Waals surface area contributed by atoms with Crippen LogP contribution in [0.15, 0.2) is 18.2 Å². The molecule has 78 valence electrons. The fourth-order valence-electron chi connectivity index (χ4n) is 0.900. The van der Waals surface area contributed by atoms with Crippen molar-refractivity contribution < 1.29 is 22.3 Å². The lowest BCUT2D eigenvalue weighted by Gasteiger charge is -2.10. The highest BCUT2D eigenvalue weighted by molar-refractivity contribution is 5.48. The summed E-state index contributed by atoms with van der Waals surface area (Å²) in [4.78, 5) is 0. The summed E-state index contributed by atoms with van der Waals surface area (Å²) >= 11 is 0. The zero-order chi connectivity index (χ0) is 10.8. The van der Waals surface area contributed by atoms with Crippen LogP contribution in [-0.2, 0) is 0 Å². The van der Waals surface area contributed by atoms with Gasteiger partial charge in [0.1, 0.15) is 11.6 Å². The average Bonchev–Trinajstić information content (AvgIpc) is 1.99. The minimum atomic E-state index is -4.81. The predicted molar refractivity (Wildman–Crippen MR) is 42.6 cm³/mol. The van der Waals surface area contributed by atoms with Gasteiger partial charge in [-0.05, 0) is 6.07 Å². The molecule has 0 spiro atoms. The molecule has 0 radical (unpaired) electrons. The summed E-state index contributed by atoms with van der Waals surface area (Å²) in [6, 6.07) is 2.77. The van der Waals surface area contributed by atoms with Crippen LogP contribution in [0, 0.1) is 5.82 Å². The lowest BCUT2D eigenvalue weighted by atomic mass is 10.3. The second-order valence-corrected chi connectivity index (χ2v) is 2.47. The molecular formula is C8H7F4NO. The van der Waals surface area contributed by atoms with Gasteiger partial charge in [-0.2, -0.15) is 0 Å². The molecule has 2 nitrogen and oxygen atoms in total. The quantitative estimate of drug-likeness (QED) is 0.756. The summed E-state index contributed by atoms with van der Waals surface area (Å²) < 4.78 is 51.5. The second-order valence-electron chi connectivity index (χ2n) is 2.47. The summed E-state index contributed by atoms with van der Waals surface area (Å²) in [5.74, 6) is -1.38. The fraction of sp³-hybridized carbons (Fsp3) is 0.250. The van der Waals surface area contributed by atoms with Gasteiger partial charge in [0.25, 0.3) is 0 Å². The standard InChI is InChI=1S/C8H7F4NO/c1-13-6-2-5(9)3-7(4-6)14-8(10,11)12/h2-4,13H,1H3. The number of hydrogen-bond acceptors (Lipinski definition) is 2. The molecule has 0 bridgehead atoms. The Labute approximate surface area is 77.5 Å². The molecule has 14 heavy (non-hydrogen) atoms. The highest BCUT2D eigenvalue weighted by Crippen LogP contribution is 2.26. The van der Waals surface area contributed by atoms with Crippen LogP contribution in [0.2, 0.25) is 0 Å². The van der Waals surface area contributed by atoms with E-state index in [4.69, 9.17) is 0 Å². The molecule has 0 amide bonds. The van der Waals surface area contributed by atoms with Crippen molar-refractivity contribution in [2.24, 2.45) is 0 Å². The van der Waals surface area contributed by atoms with Gasteiger partial charge in [0.15, 0.2) is 0 Å². The first-order valence-corrected chi connectivity index (χ1v) is 3.65. The zero-order valence-electron chi connectivity index (χ0n) is 7.15. The highest BCUT2D eigenvalue weighted by Gasteiger charge is 2.31. The van der Waals surface area contributed by atoms with Crippen molar-refractivity contribution in [3.63, 3.8) is 0 Å². The van der Waals surface area contributed by atoms with Gasteiger partial charge >= 0.3 is 6.36 Å². The van der Waals surface area contributed by atoms with Crippen LogP contribution >= 0.6 is 0 Å². The maximum atomic E-state index is 12.7.